The number of nitrogens with zero attached hydrogens (tertiary/aromatic N) is 1. The van der Waals surface area contributed by atoms with Crippen molar-refractivity contribution < 1.29 is 9.84 Å². The van der Waals surface area contributed by atoms with Crippen LogP contribution in [0.25, 0.3) is 0 Å². The van der Waals surface area contributed by atoms with E-state index in [2.05, 4.69) is 18.0 Å². The van der Waals surface area contributed by atoms with Crippen LogP contribution in [0.1, 0.15) is 31.4 Å². The summed E-state index contributed by atoms with van der Waals surface area (Å²) in [4.78, 5) is 2.26. The molecule has 1 aliphatic heterocycles. The molecule has 1 N–H and O–H groups in total. The number of hydrogen-bond acceptors (Lipinski definition) is 3. The Labute approximate surface area is 109 Å². The number of rotatable bonds is 4. The van der Waals surface area contributed by atoms with E-state index in [-0.39, 0.29) is 0 Å². The van der Waals surface area contributed by atoms with E-state index < -0.39 is 6.10 Å². The highest BCUT2D eigenvalue weighted by molar-refractivity contribution is 5.53. The third-order valence-electron chi connectivity index (χ3n) is 3.67. The summed E-state index contributed by atoms with van der Waals surface area (Å²) in [7, 11) is 2.11. The summed E-state index contributed by atoms with van der Waals surface area (Å²) in [5.41, 5.74) is 2.14. The van der Waals surface area contributed by atoms with Gasteiger partial charge in [-0.3, -0.25) is 0 Å². The molecule has 1 heterocycles. The van der Waals surface area contributed by atoms with Crippen LogP contribution in [0.2, 0.25) is 0 Å². The van der Waals surface area contributed by atoms with Gasteiger partial charge in [-0.2, -0.15) is 0 Å². The Kier molecular flexibility index (Phi) is 4.61. The average Bonchev–Trinajstić information content (AvgIpc) is 2.40. The molecule has 0 saturated carbocycles. The van der Waals surface area contributed by atoms with E-state index in [1.165, 1.54) is 0 Å². The zero-order valence-corrected chi connectivity index (χ0v) is 11.3. The molecule has 1 aromatic rings. The van der Waals surface area contributed by atoms with Gasteiger partial charge < -0.3 is 14.7 Å². The normalized spacial score (nSPS) is 18.6. The van der Waals surface area contributed by atoms with Crippen LogP contribution in [0, 0.1) is 5.92 Å². The fraction of sp³-hybridized carbons (Fsp3) is 0.600. The van der Waals surface area contributed by atoms with Gasteiger partial charge in [0.2, 0.25) is 0 Å². The van der Waals surface area contributed by atoms with Crippen LogP contribution < -0.4 is 4.90 Å². The zero-order chi connectivity index (χ0) is 13.0. The molecule has 0 radical (unpaired) electrons. The van der Waals surface area contributed by atoms with Gasteiger partial charge in [0.15, 0.2) is 0 Å². The number of aliphatic hydroxyl groups is 1. The zero-order valence-electron chi connectivity index (χ0n) is 11.3. The molecule has 1 aromatic carbocycles. The van der Waals surface area contributed by atoms with Crippen molar-refractivity contribution in [2.75, 3.05) is 31.7 Å². The SMILES string of the molecule is C[C@@H](O)c1ccccc1N(C)CC1CCOCC1. The number of ether oxygens (including phenoxy) is 1. The average molecular weight is 249 g/mol. The van der Waals surface area contributed by atoms with Gasteiger partial charge in [0.1, 0.15) is 0 Å². The smallest absolute Gasteiger partial charge is 0.0781 e. The van der Waals surface area contributed by atoms with Crippen LogP contribution in [0.4, 0.5) is 5.69 Å². The fourth-order valence-electron chi connectivity index (χ4n) is 2.60. The Morgan fingerprint density at radius 1 is 1.33 bits per heavy atom. The van der Waals surface area contributed by atoms with Gasteiger partial charge in [-0.25, -0.2) is 0 Å². The van der Waals surface area contributed by atoms with E-state index in [1.54, 1.807) is 0 Å². The van der Waals surface area contributed by atoms with Gasteiger partial charge in [0.25, 0.3) is 0 Å². The summed E-state index contributed by atoms with van der Waals surface area (Å²) < 4.78 is 5.39. The van der Waals surface area contributed by atoms with E-state index in [4.69, 9.17) is 4.74 Å². The summed E-state index contributed by atoms with van der Waals surface area (Å²) >= 11 is 0. The minimum Gasteiger partial charge on any atom is -0.389 e. The second-order valence-corrected chi connectivity index (χ2v) is 5.17. The number of aliphatic hydroxyl groups excluding tert-OH is 1. The van der Waals surface area contributed by atoms with Gasteiger partial charge in [-0.1, -0.05) is 18.2 Å². The Morgan fingerprint density at radius 3 is 2.67 bits per heavy atom. The molecular weight excluding hydrogens is 226 g/mol. The second-order valence-electron chi connectivity index (χ2n) is 5.17. The molecule has 0 aliphatic carbocycles. The Hall–Kier alpha value is -1.06. The van der Waals surface area contributed by atoms with Gasteiger partial charge >= 0.3 is 0 Å². The van der Waals surface area contributed by atoms with Crippen molar-refractivity contribution in [3.63, 3.8) is 0 Å². The number of hydrogen-bond donors (Lipinski definition) is 1. The molecule has 0 unspecified atom stereocenters. The molecule has 100 valence electrons. The summed E-state index contributed by atoms with van der Waals surface area (Å²) in [6, 6.07) is 8.09. The number of benzene rings is 1. The highest BCUT2D eigenvalue weighted by Gasteiger charge is 2.18. The topological polar surface area (TPSA) is 32.7 Å². The van der Waals surface area contributed by atoms with E-state index in [0.717, 1.165) is 43.9 Å². The third kappa shape index (κ3) is 3.24. The van der Waals surface area contributed by atoms with Gasteiger partial charge in [0, 0.05) is 38.1 Å². The predicted octanol–water partition coefficient (Wildman–Crippen LogP) is 2.60. The molecule has 1 aliphatic rings. The molecule has 18 heavy (non-hydrogen) atoms. The van der Waals surface area contributed by atoms with Gasteiger partial charge in [0.05, 0.1) is 6.10 Å². The first-order valence-corrected chi connectivity index (χ1v) is 6.74. The second kappa shape index (κ2) is 6.21. The summed E-state index contributed by atoms with van der Waals surface area (Å²) in [6.45, 7) is 4.63. The minimum atomic E-state index is -0.418. The summed E-state index contributed by atoms with van der Waals surface area (Å²) in [5, 5.41) is 9.81. The lowest BCUT2D eigenvalue weighted by Gasteiger charge is -2.30. The number of para-hydroxylation sites is 1. The van der Waals surface area contributed by atoms with Crippen molar-refractivity contribution in [1.82, 2.24) is 0 Å². The van der Waals surface area contributed by atoms with Crippen LogP contribution in [0.3, 0.4) is 0 Å². The highest BCUT2D eigenvalue weighted by Crippen LogP contribution is 2.27. The summed E-state index contributed by atoms with van der Waals surface area (Å²) in [6.07, 6.45) is 1.86. The molecule has 1 fully saturated rings. The maximum absolute atomic E-state index is 9.81. The van der Waals surface area contributed by atoms with Crippen molar-refractivity contribution in [3.8, 4) is 0 Å². The van der Waals surface area contributed by atoms with Crippen molar-refractivity contribution in [2.45, 2.75) is 25.9 Å². The molecule has 1 saturated heterocycles. The highest BCUT2D eigenvalue weighted by atomic mass is 16.5. The molecule has 3 heteroatoms. The Balaban J connectivity index is 2.05. The largest absolute Gasteiger partial charge is 0.389 e. The molecule has 0 aromatic heterocycles. The Bertz CT molecular complexity index is 373. The third-order valence-corrected chi connectivity index (χ3v) is 3.67. The maximum Gasteiger partial charge on any atom is 0.0781 e. The van der Waals surface area contributed by atoms with Gasteiger partial charge in [-0.05, 0) is 31.7 Å². The molecule has 2 rings (SSSR count). The van der Waals surface area contributed by atoms with E-state index in [0.29, 0.717) is 5.92 Å². The van der Waals surface area contributed by atoms with E-state index in [9.17, 15) is 5.11 Å². The molecule has 0 amide bonds. The first-order chi connectivity index (χ1) is 8.68. The lowest BCUT2D eigenvalue weighted by atomic mass is 9.99. The molecule has 0 bridgehead atoms. The molecule has 3 nitrogen and oxygen atoms in total. The van der Waals surface area contributed by atoms with Crippen molar-refractivity contribution in [1.29, 1.82) is 0 Å². The van der Waals surface area contributed by atoms with Crippen LogP contribution in [0.15, 0.2) is 24.3 Å². The Morgan fingerprint density at radius 2 is 2.00 bits per heavy atom. The lowest BCUT2D eigenvalue weighted by molar-refractivity contribution is 0.0685. The first-order valence-electron chi connectivity index (χ1n) is 6.74. The van der Waals surface area contributed by atoms with E-state index in [1.807, 2.05) is 25.1 Å². The van der Waals surface area contributed by atoms with Gasteiger partial charge in [-0.15, -0.1) is 0 Å². The molecular formula is C15H23NO2. The van der Waals surface area contributed by atoms with Crippen LogP contribution in [0.5, 0.6) is 0 Å². The van der Waals surface area contributed by atoms with Crippen LogP contribution in [-0.2, 0) is 4.74 Å². The summed E-state index contributed by atoms with van der Waals surface area (Å²) in [5.74, 6) is 0.700. The van der Waals surface area contributed by atoms with Crippen molar-refractivity contribution in [3.05, 3.63) is 29.8 Å². The first kappa shape index (κ1) is 13.4. The standard InChI is InChI=1S/C15H23NO2/c1-12(17)14-5-3-4-6-15(14)16(2)11-13-7-9-18-10-8-13/h3-6,12-13,17H,7-11H2,1-2H3/t12-/m1/s1. The van der Waals surface area contributed by atoms with Crippen LogP contribution >= 0.6 is 0 Å². The maximum atomic E-state index is 9.81. The quantitative estimate of drug-likeness (QED) is 0.890. The van der Waals surface area contributed by atoms with Crippen molar-refractivity contribution in [2.24, 2.45) is 5.92 Å². The fourth-order valence-corrected chi connectivity index (χ4v) is 2.60. The molecule has 1 atom stereocenters. The predicted molar refractivity (Wildman–Crippen MR) is 73.9 cm³/mol. The lowest BCUT2D eigenvalue weighted by Crippen LogP contribution is -2.30. The van der Waals surface area contributed by atoms with Crippen LogP contribution in [-0.4, -0.2) is 31.9 Å². The monoisotopic (exact) mass is 249 g/mol. The number of anilines is 1. The van der Waals surface area contributed by atoms with E-state index >= 15 is 0 Å². The van der Waals surface area contributed by atoms with Crippen molar-refractivity contribution >= 4 is 5.69 Å². The minimum absolute atomic E-state index is 0.418. The molecule has 0 spiro atoms.